The number of fused-ring (bicyclic) bond motifs is 2. The normalized spacial score (nSPS) is 12.2. The van der Waals surface area contributed by atoms with E-state index in [0.29, 0.717) is 11.7 Å². The minimum Gasteiger partial charge on any atom is -0.337 e. The van der Waals surface area contributed by atoms with Gasteiger partial charge < -0.3 is 9.42 Å². The summed E-state index contributed by atoms with van der Waals surface area (Å²) in [6, 6.07) is 25.3. The Morgan fingerprint density at radius 3 is 2.20 bits per heavy atom. The largest absolute Gasteiger partial charge is 0.337 e. The molecular formula is C23H18N4O2S. The average Bonchev–Trinajstić information content (AvgIpc) is 3.26. The lowest BCUT2D eigenvalue weighted by Gasteiger charge is -2.33. The van der Waals surface area contributed by atoms with Gasteiger partial charge in [0.15, 0.2) is 0 Å². The van der Waals surface area contributed by atoms with E-state index in [1.54, 1.807) is 28.6 Å². The number of para-hydroxylation sites is 2. The van der Waals surface area contributed by atoms with Gasteiger partial charge in [0.05, 0.1) is 11.4 Å². The third-order valence-electron chi connectivity index (χ3n) is 4.82. The highest BCUT2D eigenvalue weighted by Gasteiger charge is 2.30. The number of amides is 2. The summed E-state index contributed by atoms with van der Waals surface area (Å²) in [6.07, 6.45) is 0. The molecule has 6 nitrogen and oxygen atoms in total. The monoisotopic (exact) mass is 414 g/mol. The van der Waals surface area contributed by atoms with E-state index in [4.69, 9.17) is 4.52 Å². The Kier molecular flexibility index (Phi) is 4.72. The predicted octanol–water partition coefficient (Wildman–Crippen LogP) is 5.59. The van der Waals surface area contributed by atoms with Crippen LogP contribution in [0.4, 0.5) is 16.2 Å². The Labute approximate surface area is 178 Å². The second-order valence-corrected chi connectivity index (χ2v) is 7.97. The fraction of sp³-hybridized carbons (Fsp3) is 0.0870. The van der Waals surface area contributed by atoms with Gasteiger partial charge in [-0.1, -0.05) is 71.5 Å². The van der Waals surface area contributed by atoms with Gasteiger partial charge in [0, 0.05) is 22.4 Å². The first kappa shape index (κ1) is 18.4. The summed E-state index contributed by atoms with van der Waals surface area (Å²) in [5, 5.41) is 4.04. The molecule has 3 aromatic carbocycles. The van der Waals surface area contributed by atoms with E-state index in [9.17, 15) is 4.79 Å². The molecule has 2 amide bonds. The van der Waals surface area contributed by atoms with Gasteiger partial charge in [0.25, 0.3) is 0 Å². The number of hydrogen-bond donors (Lipinski definition) is 0. The van der Waals surface area contributed by atoms with Crippen LogP contribution in [-0.4, -0.2) is 28.1 Å². The molecule has 30 heavy (non-hydrogen) atoms. The Balaban J connectivity index is 1.42. The number of nitrogens with zero attached hydrogens (tertiary/aromatic N) is 4. The maximum Gasteiger partial charge on any atom is 0.329 e. The van der Waals surface area contributed by atoms with Crippen LogP contribution in [0.25, 0.3) is 11.4 Å². The molecule has 1 aromatic heterocycles. The number of urea groups is 1. The molecule has 2 heterocycles. The van der Waals surface area contributed by atoms with Crippen LogP contribution in [0.2, 0.25) is 0 Å². The zero-order chi connectivity index (χ0) is 20.5. The molecule has 0 aliphatic carbocycles. The number of hydrogen-bond acceptors (Lipinski definition) is 5. The van der Waals surface area contributed by atoms with Crippen molar-refractivity contribution in [1.29, 1.82) is 0 Å². The van der Waals surface area contributed by atoms with E-state index < -0.39 is 0 Å². The molecule has 0 N–H and O–H groups in total. The maximum absolute atomic E-state index is 13.5. The first-order valence-corrected chi connectivity index (χ1v) is 10.3. The fourth-order valence-electron chi connectivity index (χ4n) is 3.38. The third-order valence-corrected chi connectivity index (χ3v) is 5.95. The molecule has 148 valence electrons. The molecule has 1 aliphatic rings. The van der Waals surface area contributed by atoms with Crippen molar-refractivity contribution in [2.45, 2.75) is 16.3 Å². The van der Waals surface area contributed by atoms with Crippen LogP contribution in [0, 0.1) is 0 Å². The maximum atomic E-state index is 13.5. The fourth-order valence-corrected chi connectivity index (χ4v) is 4.43. The van der Waals surface area contributed by atoms with Gasteiger partial charge in [-0.15, -0.1) is 0 Å². The van der Waals surface area contributed by atoms with Gasteiger partial charge in [0.2, 0.25) is 11.7 Å². The van der Waals surface area contributed by atoms with Crippen molar-refractivity contribution < 1.29 is 9.32 Å². The second-order valence-electron chi connectivity index (χ2n) is 6.89. The minimum absolute atomic E-state index is 0.158. The van der Waals surface area contributed by atoms with Gasteiger partial charge in [-0.25, -0.2) is 4.79 Å². The SMILES string of the molecule is CN(Cc1nc(-c2ccccc2)no1)C(=O)N1c2ccccc2Sc2ccccc21. The van der Waals surface area contributed by atoms with Crippen LogP contribution in [0.15, 0.2) is 93.2 Å². The summed E-state index contributed by atoms with van der Waals surface area (Å²) in [5.41, 5.74) is 2.61. The van der Waals surface area contributed by atoms with Crippen LogP contribution in [0.5, 0.6) is 0 Å². The highest BCUT2D eigenvalue weighted by Crippen LogP contribution is 2.48. The molecule has 5 rings (SSSR count). The van der Waals surface area contributed by atoms with Gasteiger partial charge in [-0.2, -0.15) is 4.98 Å². The molecule has 0 saturated carbocycles. The first-order chi connectivity index (χ1) is 14.7. The van der Waals surface area contributed by atoms with Gasteiger partial charge >= 0.3 is 6.03 Å². The zero-order valence-corrected chi connectivity index (χ0v) is 17.0. The summed E-state index contributed by atoms with van der Waals surface area (Å²) in [6.45, 7) is 0.215. The van der Waals surface area contributed by atoms with Gasteiger partial charge in [-0.05, 0) is 24.3 Å². The Morgan fingerprint density at radius 1 is 0.933 bits per heavy atom. The van der Waals surface area contributed by atoms with Crippen molar-refractivity contribution in [2.24, 2.45) is 0 Å². The van der Waals surface area contributed by atoms with E-state index in [2.05, 4.69) is 10.1 Å². The van der Waals surface area contributed by atoms with Crippen molar-refractivity contribution in [1.82, 2.24) is 15.0 Å². The summed E-state index contributed by atoms with van der Waals surface area (Å²) < 4.78 is 5.39. The number of rotatable bonds is 3. The molecule has 0 atom stereocenters. The van der Waals surface area contributed by atoms with E-state index in [1.807, 2.05) is 78.9 Å². The highest BCUT2D eigenvalue weighted by molar-refractivity contribution is 7.99. The van der Waals surface area contributed by atoms with Crippen LogP contribution >= 0.6 is 11.8 Å². The van der Waals surface area contributed by atoms with Crippen LogP contribution in [0.1, 0.15) is 5.89 Å². The lowest BCUT2D eigenvalue weighted by molar-refractivity contribution is 0.208. The number of carbonyl (C=O) groups is 1. The zero-order valence-electron chi connectivity index (χ0n) is 16.2. The van der Waals surface area contributed by atoms with Crippen molar-refractivity contribution >= 4 is 29.2 Å². The highest BCUT2D eigenvalue weighted by atomic mass is 32.2. The number of benzene rings is 3. The summed E-state index contributed by atoms with van der Waals surface area (Å²) in [5.74, 6) is 0.897. The quantitative estimate of drug-likeness (QED) is 0.437. The second kappa shape index (κ2) is 7.68. The number of aromatic nitrogens is 2. The molecule has 7 heteroatoms. The standard InChI is InChI=1S/C23H18N4O2S/c1-26(15-21-24-22(25-29-21)16-9-3-2-4-10-16)23(28)27-17-11-5-7-13-19(17)30-20-14-8-6-12-18(20)27/h2-14H,15H2,1H3. The summed E-state index contributed by atoms with van der Waals surface area (Å²) in [4.78, 5) is 23.3. The Morgan fingerprint density at radius 2 is 1.53 bits per heavy atom. The molecule has 0 saturated heterocycles. The lowest BCUT2D eigenvalue weighted by atomic mass is 10.2. The van der Waals surface area contributed by atoms with Gasteiger partial charge in [0.1, 0.15) is 6.54 Å². The molecule has 0 fully saturated rings. The molecule has 0 spiro atoms. The van der Waals surface area contributed by atoms with E-state index in [1.165, 1.54) is 0 Å². The van der Waals surface area contributed by atoms with Crippen molar-refractivity contribution in [3.8, 4) is 11.4 Å². The van der Waals surface area contributed by atoms with Crippen molar-refractivity contribution in [3.05, 3.63) is 84.8 Å². The topological polar surface area (TPSA) is 62.5 Å². The molecule has 0 bridgehead atoms. The lowest BCUT2D eigenvalue weighted by Crippen LogP contribution is -2.39. The van der Waals surface area contributed by atoms with Crippen LogP contribution in [0.3, 0.4) is 0 Å². The summed E-state index contributed by atoms with van der Waals surface area (Å²) in [7, 11) is 1.74. The van der Waals surface area contributed by atoms with E-state index in [0.717, 1.165) is 26.7 Å². The molecule has 0 unspecified atom stereocenters. The number of anilines is 2. The minimum atomic E-state index is -0.158. The number of carbonyl (C=O) groups excluding carboxylic acids is 1. The Hall–Kier alpha value is -3.58. The average molecular weight is 414 g/mol. The van der Waals surface area contributed by atoms with Crippen molar-refractivity contribution in [2.75, 3.05) is 11.9 Å². The third kappa shape index (κ3) is 3.33. The van der Waals surface area contributed by atoms with E-state index in [-0.39, 0.29) is 12.6 Å². The first-order valence-electron chi connectivity index (χ1n) is 9.50. The molecule has 0 radical (unpaired) electrons. The molecule has 4 aromatic rings. The molecular weight excluding hydrogens is 396 g/mol. The van der Waals surface area contributed by atoms with E-state index >= 15 is 0 Å². The Bertz CT molecular complexity index is 1160. The van der Waals surface area contributed by atoms with Crippen molar-refractivity contribution in [3.63, 3.8) is 0 Å². The smallest absolute Gasteiger partial charge is 0.329 e. The predicted molar refractivity (Wildman–Crippen MR) is 116 cm³/mol. The molecule has 1 aliphatic heterocycles. The van der Waals surface area contributed by atoms with Gasteiger partial charge in [-0.3, -0.25) is 4.90 Å². The van der Waals surface area contributed by atoms with Crippen LogP contribution < -0.4 is 4.90 Å². The van der Waals surface area contributed by atoms with Crippen LogP contribution in [-0.2, 0) is 6.54 Å². The summed E-state index contributed by atoms with van der Waals surface area (Å²) >= 11 is 1.67.